The molecule has 0 radical (unpaired) electrons. The van der Waals surface area contributed by atoms with Crippen molar-refractivity contribution in [2.24, 2.45) is 0 Å². The molecule has 1 aromatic rings. The van der Waals surface area contributed by atoms with Gasteiger partial charge in [0.15, 0.2) is 0 Å². The first kappa shape index (κ1) is 14.5. The predicted octanol–water partition coefficient (Wildman–Crippen LogP) is 2.78. The number of anilines is 1. The number of ether oxygens (including phenoxy) is 1. The summed E-state index contributed by atoms with van der Waals surface area (Å²) in [6.07, 6.45) is -0.343. The number of nitrogens with one attached hydrogen (secondary N) is 1. The molecule has 0 fully saturated rings. The van der Waals surface area contributed by atoms with E-state index in [0.29, 0.717) is 0 Å². The number of carbonyl (C=O) groups is 1. The molecule has 4 heteroatoms. The minimum atomic E-state index is -0.478. The van der Waals surface area contributed by atoms with E-state index in [0.717, 1.165) is 17.8 Å². The molecule has 1 rings (SSSR count). The second-order valence-corrected chi connectivity index (χ2v) is 5.24. The van der Waals surface area contributed by atoms with Crippen LogP contribution in [-0.2, 0) is 11.3 Å². The molecule has 0 unspecified atom stereocenters. The summed E-state index contributed by atoms with van der Waals surface area (Å²) >= 11 is 0. The molecule has 0 aliphatic rings. The fourth-order valence-electron chi connectivity index (χ4n) is 1.51. The summed E-state index contributed by atoms with van der Waals surface area (Å²) in [7, 11) is 3.61. The average molecular weight is 250 g/mol. The highest BCUT2D eigenvalue weighted by Crippen LogP contribution is 2.18. The zero-order valence-electron chi connectivity index (χ0n) is 11.8. The van der Waals surface area contributed by atoms with E-state index in [9.17, 15) is 4.79 Å². The van der Waals surface area contributed by atoms with E-state index < -0.39 is 5.60 Å². The molecule has 1 aromatic carbocycles. The number of carbonyl (C=O) groups excluding carboxylic acids is 1. The second kappa shape index (κ2) is 5.87. The third-order valence-corrected chi connectivity index (χ3v) is 2.35. The Kier molecular flexibility index (Phi) is 4.73. The van der Waals surface area contributed by atoms with Gasteiger partial charge >= 0.3 is 6.09 Å². The Hall–Kier alpha value is -1.55. The third-order valence-electron chi connectivity index (χ3n) is 2.35. The summed E-state index contributed by atoms with van der Waals surface area (Å²) in [6, 6.07) is 7.81. The van der Waals surface area contributed by atoms with Gasteiger partial charge in [-0.1, -0.05) is 12.1 Å². The van der Waals surface area contributed by atoms with Gasteiger partial charge in [0.25, 0.3) is 0 Å². The smallest absolute Gasteiger partial charge is 0.414 e. The van der Waals surface area contributed by atoms with Gasteiger partial charge in [-0.05, 0) is 45.5 Å². The number of amides is 1. The van der Waals surface area contributed by atoms with E-state index in [2.05, 4.69) is 5.32 Å². The highest BCUT2D eigenvalue weighted by atomic mass is 16.6. The molecule has 0 atom stereocenters. The first-order valence-electron chi connectivity index (χ1n) is 6.04. The average Bonchev–Trinajstić information content (AvgIpc) is 2.26. The summed E-state index contributed by atoms with van der Waals surface area (Å²) < 4.78 is 5.33. The Morgan fingerprint density at radius 2 is 2.06 bits per heavy atom. The van der Waals surface area contributed by atoms with Crippen LogP contribution >= 0.6 is 0 Å². The molecule has 0 aromatic heterocycles. The lowest BCUT2D eigenvalue weighted by Crippen LogP contribution is -2.34. The van der Waals surface area contributed by atoms with Crippen molar-refractivity contribution in [3.8, 4) is 0 Å². The van der Waals surface area contributed by atoms with Crippen LogP contribution in [0.4, 0.5) is 10.5 Å². The number of nitrogens with zero attached hydrogens (tertiary/aromatic N) is 1. The fraction of sp³-hybridized carbons (Fsp3) is 0.500. The first-order valence-corrected chi connectivity index (χ1v) is 6.04. The maximum absolute atomic E-state index is 11.9. The highest BCUT2D eigenvalue weighted by Gasteiger charge is 2.20. The normalized spacial score (nSPS) is 11.2. The molecule has 18 heavy (non-hydrogen) atoms. The van der Waals surface area contributed by atoms with Gasteiger partial charge in [0.2, 0.25) is 0 Å². The number of rotatable bonds is 3. The minimum Gasteiger partial charge on any atom is -0.443 e. The molecule has 0 saturated carbocycles. The van der Waals surface area contributed by atoms with Gasteiger partial charge < -0.3 is 10.1 Å². The summed E-state index contributed by atoms with van der Waals surface area (Å²) in [5, 5.41) is 3.08. The van der Waals surface area contributed by atoms with Gasteiger partial charge in [-0.15, -0.1) is 0 Å². The Labute approximate surface area is 109 Å². The summed E-state index contributed by atoms with van der Waals surface area (Å²) in [5.74, 6) is 0. The SMILES string of the molecule is CNCc1cccc(N(C)C(=O)OC(C)(C)C)c1. The van der Waals surface area contributed by atoms with E-state index in [1.54, 1.807) is 7.05 Å². The molecule has 0 bridgehead atoms. The lowest BCUT2D eigenvalue weighted by Gasteiger charge is -2.25. The molecular weight excluding hydrogens is 228 g/mol. The lowest BCUT2D eigenvalue weighted by atomic mass is 10.2. The van der Waals surface area contributed by atoms with Crippen LogP contribution in [0.2, 0.25) is 0 Å². The zero-order chi connectivity index (χ0) is 13.8. The molecule has 0 heterocycles. The maximum Gasteiger partial charge on any atom is 0.414 e. The monoisotopic (exact) mass is 250 g/mol. The van der Waals surface area contributed by atoms with Crippen LogP contribution in [0.15, 0.2) is 24.3 Å². The molecule has 1 N–H and O–H groups in total. The lowest BCUT2D eigenvalue weighted by molar-refractivity contribution is 0.0589. The zero-order valence-corrected chi connectivity index (χ0v) is 11.8. The van der Waals surface area contributed by atoms with Gasteiger partial charge in [0, 0.05) is 19.3 Å². The molecule has 100 valence electrons. The topological polar surface area (TPSA) is 41.6 Å². The molecule has 0 aliphatic heterocycles. The molecular formula is C14H22N2O2. The van der Waals surface area contributed by atoms with Gasteiger partial charge in [-0.25, -0.2) is 4.79 Å². The quantitative estimate of drug-likeness (QED) is 0.897. The van der Waals surface area contributed by atoms with Crippen molar-refractivity contribution in [1.29, 1.82) is 0 Å². The van der Waals surface area contributed by atoms with Crippen LogP contribution < -0.4 is 10.2 Å². The number of hydrogen-bond acceptors (Lipinski definition) is 3. The van der Waals surface area contributed by atoms with Crippen LogP contribution in [0.25, 0.3) is 0 Å². The Balaban J connectivity index is 2.80. The number of hydrogen-bond donors (Lipinski definition) is 1. The third kappa shape index (κ3) is 4.37. The van der Waals surface area contributed by atoms with Gasteiger partial charge in [0.05, 0.1) is 0 Å². The van der Waals surface area contributed by atoms with Crippen molar-refractivity contribution in [3.63, 3.8) is 0 Å². The van der Waals surface area contributed by atoms with Crippen LogP contribution in [0.1, 0.15) is 26.3 Å². The van der Waals surface area contributed by atoms with Gasteiger partial charge in [-0.2, -0.15) is 0 Å². The van der Waals surface area contributed by atoms with Crippen molar-refractivity contribution >= 4 is 11.8 Å². The molecule has 0 spiro atoms. The van der Waals surface area contributed by atoms with Crippen molar-refractivity contribution in [2.45, 2.75) is 32.9 Å². The van der Waals surface area contributed by atoms with E-state index >= 15 is 0 Å². The molecule has 0 saturated heterocycles. The summed E-state index contributed by atoms with van der Waals surface area (Å²) in [6.45, 7) is 6.35. The predicted molar refractivity (Wildman–Crippen MR) is 73.8 cm³/mol. The molecule has 0 aliphatic carbocycles. The number of benzene rings is 1. The largest absolute Gasteiger partial charge is 0.443 e. The van der Waals surface area contributed by atoms with E-state index in [1.807, 2.05) is 52.1 Å². The fourth-order valence-corrected chi connectivity index (χ4v) is 1.51. The maximum atomic E-state index is 11.9. The minimum absolute atomic E-state index is 0.343. The van der Waals surface area contributed by atoms with Crippen LogP contribution in [0.5, 0.6) is 0 Å². The van der Waals surface area contributed by atoms with Crippen molar-refractivity contribution in [3.05, 3.63) is 29.8 Å². The molecule has 1 amide bonds. The second-order valence-electron chi connectivity index (χ2n) is 5.24. The summed E-state index contributed by atoms with van der Waals surface area (Å²) in [5.41, 5.74) is 1.48. The van der Waals surface area contributed by atoms with Crippen molar-refractivity contribution in [2.75, 3.05) is 19.0 Å². The van der Waals surface area contributed by atoms with Crippen molar-refractivity contribution in [1.82, 2.24) is 5.32 Å². The van der Waals surface area contributed by atoms with Gasteiger partial charge in [0.1, 0.15) is 5.60 Å². The van der Waals surface area contributed by atoms with Crippen LogP contribution in [-0.4, -0.2) is 25.8 Å². The summed E-state index contributed by atoms with van der Waals surface area (Å²) in [4.78, 5) is 13.4. The van der Waals surface area contributed by atoms with E-state index in [-0.39, 0.29) is 6.09 Å². The first-order chi connectivity index (χ1) is 8.33. The van der Waals surface area contributed by atoms with Gasteiger partial charge in [-0.3, -0.25) is 4.90 Å². The Morgan fingerprint density at radius 1 is 1.39 bits per heavy atom. The van der Waals surface area contributed by atoms with Crippen LogP contribution in [0, 0.1) is 0 Å². The Morgan fingerprint density at radius 3 is 2.61 bits per heavy atom. The highest BCUT2D eigenvalue weighted by molar-refractivity contribution is 5.87. The van der Waals surface area contributed by atoms with Crippen molar-refractivity contribution < 1.29 is 9.53 Å². The standard InChI is InChI=1S/C14H22N2O2/c1-14(2,3)18-13(17)16(5)12-8-6-7-11(9-12)10-15-4/h6-9,15H,10H2,1-5H3. The Bertz CT molecular complexity index is 411. The van der Waals surface area contributed by atoms with E-state index in [1.165, 1.54) is 4.90 Å². The molecule has 4 nitrogen and oxygen atoms in total. The van der Waals surface area contributed by atoms with E-state index in [4.69, 9.17) is 4.74 Å². The van der Waals surface area contributed by atoms with Crippen LogP contribution in [0.3, 0.4) is 0 Å².